The van der Waals surface area contributed by atoms with E-state index in [-0.39, 0.29) is 17.2 Å². The van der Waals surface area contributed by atoms with Crippen LogP contribution < -0.4 is 21.7 Å². The van der Waals surface area contributed by atoms with Crippen molar-refractivity contribution in [3.63, 3.8) is 0 Å². The lowest BCUT2D eigenvalue weighted by molar-refractivity contribution is -0.157. The van der Waals surface area contributed by atoms with Gasteiger partial charge in [0.25, 0.3) is 5.91 Å². The Bertz CT molecular complexity index is 870. The van der Waals surface area contributed by atoms with Crippen LogP contribution in [0.5, 0.6) is 0 Å². The average molecular weight is 550 g/mol. The molecule has 0 spiro atoms. The number of nitrogens with one attached hydrogen (secondary N) is 3. The summed E-state index contributed by atoms with van der Waals surface area (Å²) in [4.78, 5) is 61.2. The van der Waals surface area contributed by atoms with E-state index in [0.717, 1.165) is 39.5 Å². The molecule has 5 N–H and O–H groups in total. The van der Waals surface area contributed by atoms with Crippen molar-refractivity contribution in [2.75, 3.05) is 13.6 Å². The number of carbonyl (C=O) groups is 5. The molecule has 2 aliphatic rings. The normalized spacial score (nSPS) is 20.2. The number of nitrogens with zero attached hydrogens (tertiary/aromatic N) is 1. The first-order valence-electron chi connectivity index (χ1n) is 12.9. The summed E-state index contributed by atoms with van der Waals surface area (Å²) in [5.41, 5.74) is 4.87. The number of nitrogens with two attached hydrogens (primary N) is 1. The second-order valence-electron chi connectivity index (χ2n) is 11.1. The van der Waals surface area contributed by atoms with Crippen molar-refractivity contribution in [2.24, 2.45) is 17.1 Å². The summed E-state index contributed by atoms with van der Waals surface area (Å²) in [7, 11) is 1.74. The Morgan fingerprint density at radius 3 is 1.95 bits per heavy atom. The molecule has 13 heteroatoms. The molecule has 10 nitrogen and oxygen atoms in total. The van der Waals surface area contributed by atoms with E-state index in [2.05, 4.69) is 10.6 Å². The average Bonchev–Trinajstić information content (AvgIpc) is 3.23. The lowest BCUT2D eigenvalue weighted by Crippen LogP contribution is -2.57. The van der Waals surface area contributed by atoms with Crippen LogP contribution in [0, 0.1) is 11.3 Å². The predicted octanol–water partition coefficient (Wildman–Crippen LogP) is 1.41. The molecular weight excluding hydrogens is 507 g/mol. The third-order valence-electron chi connectivity index (χ3n) is 6.82. The largest absolute Gasteiger partial charge is 0.408 e. The number of carbonyl (C=O) groups excluding carboxylic acids is 5. The fourth-order valence-electron chi connectivity index (χ4n) is 4.52. The molecule has 4 amide bonds. The van der Waals surface area contributed by atoms with Gasteiger partial charge in [-0.25, -0.2) is 0 Å². The van der Waals surface area contributed by atoms with Crippen LogP contribution in [-0.4, -0.2) is 78.2 Å². The molecule has 1 saturated carbocycles. The third kappa shape index (κ3) is 9.88. The molecule has 4 atom stereocenters. The molecule has 218 valence electrons. The lowest BCUT2D eigenvalue weighted by atomic mass is 9.80. The van der Waals surface area contributed by atoms with Crippen LogP contribution in [0.25, 0.3) is 0 Å². The highest BCUT2D eigenvalue weighted by Gasteiger charge is 2.42. The van der Waals surface area contributed by atoms with Crippen molar-refractivity contribution in [3.05, 3.63) is 0 Å². The van der Waals surface area contributed by atoms with E-state index >= 15 is 0 Å². The first kappa shape index (κ1) is 33.3. The van der Waals surface area contributed by atoms with Crippen molar-refractivity contribution in [3.8, 4) is 0 Å². The van der Waals surface area contributed by atoms with Gasteiger partial charge in [0, 0.05) is 13.5 Å². The van der Waals surface area contributed by atoms with Crippen molar-refractivity contribution >= 4 is 29.4 Å². The van der Waals surface area contributed by atoms with Gasteiger partial charge in [-0.1, -0.05) is 40.0 Å². The second-order valence-corrected chi connectivity index (χ2v) is 11.1. The van der Waals surface area contributed by atoms with E-state index in [0.29, 0.717) is 25.3 Å². The van der Waals surface area contributed by atoms with Gasteiger partial charge < -0.3 is 26.6 Å². The van der Waals surface area contributed by atoms with Crippen LogP contribution in [0.3, 0.4) is 0 Å². The van der Waals surface area contributed by atoms with Crippen LogP contribution in [0.2, 0.25) is 0 Å². The molecule has 1 aliphatic heterocycles. The third-order valence-corrected chi connectivity index (χ3v) is 6.82. The number of hydrogen-bond acceptors (Lipinski definition) is 6. The van der Waals surface area contributed by atoms with Gasteiger partial charge in [-0.3, -0.25) is 24.0 Å². The summed E-state index contributed by atoms with van der Waals surface area (Å²) >= 11 is 0. The van der Waals surface area contributed by atoms with E-state index in [9.17, 15) is 37.1 Å². The molecule has 1 saturated heterocycles. The monoisotopic (exact) mass is 549 g/mol. The molecule has 2 fully saturated rings. The van der Waals surface area contributed by atoms with Gasteiger partial charge in [0.2, 0.25) is 23.5 Å². The molecule has 0 bridgehead atoms. The number of hydrogen-bond donors (Lipinski definition) is 4. The summed E-state index contributed by atoms with van der Waals surface area (Å²) in [6.45, 7) is 8.35. The van der Waals surface area contributed by atoms with E-state index in [1.165, 1.54) is 0 Å². The minimum Gasteiger partial charge on any atom is -0.363 e. The molecule has 0 radical (unpaired) electrons. The summed E-state index contributed by atoms with van der Waals surface area (Å²) in [6, 6.07) is -3.71. The van der Waals surface area contributed by atoms with Gasteiger partial charge >= 0.3 is 6.18 Å². The Hall–Kier alpha value is -2.70. The first-order valence-corrected chi connectivity index (χ1v) is 12.9. The van der Waals surface area contributed by atoms with Crippen molar-refractivity contribution in [2.45, 2.75) is 103 Å². The molecular formula is C25H42F3N5O5. The zero-order valence-electron chi connectivity index (χ0n) is 23.0. The Labute approximate surface area is 222 Å². The standard InChI is InChI=1S/C20H34N4O4.C5H8F3NO/c1-20(2,3)16(22-4)19(28)24-10-6-9-14(24)18(27)23-13(15(25)17(21)26)11-12-7-5-8-12;1-3(5(6,7)8)9-4(2)10/h12-14,16,22H,5-11H2,1-4H3,(H2,21,26)(H,23,27);3H,1-2H3,(H,9,10). The minimum atomic E-state index is -4.34. The zero-order chi connectivity index (χ0) is 29.4. The first-order chi connectivity index (χ1) is 17.4. The van der Waals surface area contributed by atoms with E-state index in [1.807, 2.05) is 20.8 Å². The van der Waals surface area contributed by atoms with Crippen molar-refractivity contribution in [1.29, 1.82) is 0 Å². The Morgan fingerprint density at radius 2 is 1.58 bits per heavy atom. The molecule has 38 heavy (non-hydrogen) atoms. The predicted molar refractivity (Wildman–Crippen MR) is 134 cm³/mol. The molecule has 0 aromatic rings. The fourth-order valence-corrected chi connectivity index (χ4v) is 4.52. The molecule has 1 heterocycles. The molecule has 0 aromatic carbocycles. The maximum absolute atomic E-state index is 13.0. The SMILES string of the molecule is CC(=O)NC(C)C(F)(F)F.CNC(C(=O)N1CCCC1C(=O)NC(CC1CCC1)C(=O)C(N)=O)C(C)(C)C. The molecule has 2 rings (SSSR count). The van der Waals surface area contributed by atoms with E-state index in [1.54, 1.807) is 17.3 Å². The van der Waals surface area contributed by atoms with Crippen LogP contribution in [-0.2, 0) is 24.0 Å². The highest BCUT2D eigenvalue weighted by molar-refractivity contribution is 6.37. The minimum absolute atomic E-state index is 0.121. The van der Waals surface area contributed by atoms with Crippen LogP contribution in [0.15, 0.2) is 0 Å². The Kier molecular flexibility index (Phi) is 12.2. The summed E-state index contributed by atoms with van der Waals surface area (Å²) in [5.74, 6) is -2.65. The maximum Gasteiger partial charge on any atom is 0.408 e. The lowest BCUT2D eigenvalue weighted by Gasteiger charge is -2.35. The number of Topliss-reactive ketones (excluding diaryl/α,β-unsaturated/α-hetero) is 1. The number of ketones is 1. The van der Waals surface area contributed by atoms with Gasteiger partial charge in [-0.05, 0) is 44.6 Å². The number of halogens is 3. The Balaban J connectivity index is 0.000000612. The summed E-state index contributed by atoms with van der Waals surface area (Å²) in [5, 5.41) is 7.49. The van der Waals surface area contributed by atoms with Crippen LogP contribution in [0.4, 0.5) is 13.2 Å². The number of likely N-dealkylation sites (N-methyl/N-ethyl adjacent to an activating group) is 1. The molecule has 1 aliphatic carbocycles. The highest BCUT2D eigenvalue weighted by atomic mass is 19.4. The zero-order valence-corrected chi connectivity index (χ0v) is 23.0. The smallest absolute Gasteiger partial charge is 0.363 e. The fraction of sp³-hybridized carbons (Fsp3) is 0.800. The van der Waals surface area contributed by atoms with Gasteiger partial charge in [-0.2, -0.15) is 13.2 Å². The number of primary amides is 1. The van der Waals surface area contributed by atoms with Gasteiger partial charge in [-0.15, -0.1) is 0 Å². The van der Waals surface area contributed by atoms with E-state index in [4.69, 9.17) is 5.73 Å². The van der Waals surface area contributed by atoms with Crippen molar-refractivity contribution < 1.29 is 37.1 Å². The number of alkyl halides is 3. The van der Waals surface area contributed by atoms with Crippen LogP contribution in [0.1, 0.15) is 73.1 Å². The van der Waals surface area contributed by atoms with Crippen molar-refractivity contribution in [1.82, 2.24) is 20.9 Å². The van der Waals surface area contributed by atoms with Crippen LogP contribution >= 0.6 is 0 Å². The number of amides is 4. The highest BCUT2D eigenvalue weighted by Crippen LogP contribution is 2.31. The number of rotatable bonds is 9. The number of likely N-dealkylation sites (tertiary alicyclic amines) is 1. The molecule has 0 aromatic heterocycles. The summed E-state index contributed by atoms with van der Waals surface area (Å²) in [6.07, 6.45) is 0.421. The van der Waals surface area contributed by atoms with Gasteiger partial charge in [0.15, 0.2) is 0 Å². The Morgan fingerprint density at radius 1 is 1.00 bits per heavy atom. The quantitative estimate of drug-likeness (QED) is 0.320. The maximum atomic E-state index is 13.0. The van der Waals surface area contributed by atoms with Gasteiger partial charge in [0.05, 0.1) is 12.1 Å². The van der Waals surface area contributed by atoms with E-state index < -0.39 is 47.9 Å². The molecule has 4 unspecified atom stereocenters. The topological polar surface area (TPSA) is 151 Å². The second kappa shape index (κ2) is 13.9. The summed E-state index contributed by atoms with van der Waals surface area (Å²) < 4.78 is 34.8. The van der Waals surface area contributed by atoms with Gasteiger partial charge in [0.1, 0.15) is 12.1 Å².